The average molecular weight is 322 g/mol. The van der Waals surface area contributed by atoms with Crippen molar-refractivity contribution < 1.29 is 9.59 Å². The number of hydrogen-bond acceptors (Lipinski definition) is 2. The van der Waals surface area contributed by atoms with Crippen molar-refractivity contribution >= 4 is 17.5 Å². The van der Waals surface area contributed by atoms with Crippen molar-refractivity contribution in [1.82, 2.24) is 5.32 Å². The molecule has 24 heavy (non-hydrogen) atoms. The zero-order valence-electron chi connectivity index (χ0n) is 14.1. The second kappa shape index (κ2) is 8.11. The number of carbonyl (C=O) groups excluding carboxylic acids is 2. The molecule has 0 atom stereocenters. The van der Waals surface area contributed by atoms with Crippen LogP contribution in [-0.2, 0) is 11.2 Å². The average Bonchev–Trinajstić information content (AvgIpc) is 2.56. The topological polar surface area (TPSA) is 58.2 Å². The van der Waals surface area contributed by atoms with Crippen molar-refractivity contribution in [2.75, 3.05) is 11.9 Å². The van der Waals surface area contributed by atoms with Gasteiger partial charge in [0, 0.05) is 6.54 Å². The summed E-state index contributed by atoms with van der Waals surface area (Å²) in [6, 6.07) is 12.9. The van der Waals surface area contributed by atoms with Gasteiger partial charge in [-0.25, -0.2) is 0 Å². The smallest absolute Gasteiger partial charge is 0.253 e. The van der Waals surface area contributed by atoms with Gasteiger partial charge in [-0.05, 0) is 42.7 Å². The Labute approximate surface area is 142 Å². The molecule has 2 N–H and O–H groups in total. The number of benzene rings is 2. The molecule has 2 rings (SSSR count). The Balaban J connectivity index is 2.09. The molecule has 2 amide bonds. The number of amides is 2. The Morgan fingerprint density at radius 2 is 1.83 bits per heavy atom. The minimum absolute atomic E-state index is 0.151. The summed E-state index contributed by atoms with van der Waals surface area (Å²) in [6.07, 6.45) is 1.88. The molecule has 4 nitrogen and oxygen atoms in total. The third kappa shape index (κ3) is 4.56. The summed E-state index contributed by atoms with van der Waals surface area (Å²) in [5.74, 6) is -0.390. The number of aryl methyl sites for hydroxylation is 2. The molecule has 0 saturated carbocycles. The van der Waals surface area contributed by atoms with E-state index >= 15 is 0 Å². The maximum atomic E-state index is 12.3. The lowest BCUT2D eigenvalue weighted by atomic mass is 10.0. The monoisotopic (exact) mass is 322 g/mol. The fourth-order valence-electron chi connectivity index (χ4n) is 2.34. The highest BCUT2D eigenvalue weighted by Gasteiger charge is 2.12. The first-order chi connectivity index (χ1) is 11.5. The van der Waals surface area contributed by atoms with Crippen molar-refractivity contribution in [3.8, 4) is 0 Å². The van der Waals surface area contributed by atoms with Crippen LogP contribution in [0, 0.1) is 13.8 Å². The van der Waals surface area contributed by atoms with Gasteiger partial charge >= 0.3 is 0 Å². The Kier molecular flexibility index (Phi) is 5.90. The van der Waals surface area contributed by atoms with Crippen LogP contribution in [0.3, 0.4) is 0 Å². The molecule has 4 heteroatoms. The predicted molar refractivity (Wildman–Crippen MR) is 97.2 cm³/mol. The fraction of sp³-hybridized carbons (Fsp3) is 0.200. The van der Waals surface area contributed by atoms with E-state index in [0.717, 1.165) is 11.1 Å². The zero-order valence-corrected chi connectivity index (χ0v) is 14.1. The molecular formula is C20H22N2O2. The Morgan fingerprint density at radius 3 is 2.54 bits per heavy atom. The molecule has 0 heterocycles. The highest BCUT2D eigenvalue weighted by Crippen LogP contribution is 2.16. The predicted octanol–water partition coefficient (Wildman–Crippen LogP) is 3.40. The van der Waals surface area contributed by atoms with Crippen LogP contribution in [0.2, 0.25) is 0 Å². The highest BCUT2D eigenvalue weighted by atomic mass is 16.2. The van der Waals surface area contributed by atoms with E-state index in [0.29, 0.717) is 17.8 Å². The summed E-state index contributed by atoms with van der Waals surface area (Å²) in [5.41, 5.74) is 4.25. The van der Waals surface area contributed by atoms with Gasteiger partial charge in [-0.1, -0.05) is 36.4 Å². The van der Waals surface area contributed by atoms with Gasteiger partial charge in [0.1, 0.15) is 0 Å². The Hall–Kier alpha value is -2.88. The van der Waals surface area contributed by atoms with Crippen molar-refractivity contribution in [1.29, 1.82) is 0 Å². The lowest BCUT2D eigenvalue weighted by molar-refractivity contribution is -0.115. The minimum atomic E-state index is -0.239. The van der Waals surface area contributed by atoms with E-state index in [-0.39, 0.29) is 18.2 Å². The van der Waals surface area contributed by atoms with Crippen molar-refractivity contribution in [2.45, 2.75) is 20.3 Å². The molecule has 0 unspecified atom stereocenters. The molecule has 2 aromatic rings. The molecule has 0 spiro atoms. The van der Waals surface area contributed by atoms with Gasteiger partial charge in [0.2, 0.25) is 5.91 Å². The molecular weight excluding hydrogens is 300 g/mol. The van der Waals surface area contributed by atoms with Gasteiger partial charge in [0.05, 0.1) is 17.7 Å². The number of para-hydroxylation sites is 1. The van der Waals surface area contributed by atoms with Crippen LogP contribution in [0.15, 0.2) is 55.1 Å². The van der Waals surface area contributed by atoms with Gasteiger partial charge in [-0.15, -0.1) is 6.58 Å². The van der Waals surface area contributed by atoms with Gasteiger partial charge < -0.3 is 10.6 Å². The first-order valence-corrected chi connectivity index (χ1v) is 7.85. The van der Waals surface area contributed by atoms with E-state index in [1.807, 2.05) is 32.0 Å². The first-order valence-electron chi connectivity index (χ1n) is 7.85. The lowest BCUT2D eigenvalue weighted by Crippen LogP contribution is -2.25. The molecule has 0 bridgehead atoms. The third-order valence-electron chi connectivity index (χ3n) is 3.79. The van der Waals surface area contributed by atoms with Crippen molar-refractivity contribution in [2.24, 2.45) is 0 Å². The second-order valence-corrected chi connectivity index (χ2v) is 5.69. The summed E-state index contributed by atoms with van der Waals surface area (Å²) in [7, 11) is 0. The number of nitrogens with one attached hydrogen (secondary N) is 2. The van der Waals surface area contributed by atoms with E-state index < -0.39 is 0 Å². The number of hydrogen-bond donors (Lipinski definition) is 2. The second-order valence-electron chi connectivity index (χ2n) is 5.69. The molecule has 2 aromatic carbocycles. The van der Waals surface area contributed by atoms with Gasteiger partial charge in [0.25, 0.3) is 5.91 Å². The Bertz CT molecular complexity index is 766. The maximum absolute atomic E-state index is 12.3. The van der Waals surface area contributed by atoms with Gasteiger partial charge in [0.15, 0.2) is 0 Å². The van der Waals surface area contributed by atoms with E-state index in [1.165, 1.54) is 5.56 Å². The summed E-state index contributed by atoms with van der Waals surface area (Å²) in [5, 5.41) is 5.54. The van der Waals surface area contributed by atoms with Crippen molar-refractivity contribution in [3.05, 3.63) is 77.4 Å². The lowest BCUT2D eigenvalue weighted by Gasteiger charge is -2.11. The van der Waals surface area contributed by atoms with Crippen LogP contribution < -0.4 is 10.6 Å². The SMILES string of the molecule is C=CCNC(=O)c1ccccc1NC(=O)Cc1ccc(C)c(C)c1. The Morgan fingerprint density at radius 1 is 1.08 bits per heavy atom. The van der Waals surface area contributed by atoms with E-state index in [1.54, 1.807) is 30.3 Å². The van der Waals surface area contributed by atoms with Gasteiger partial charge in [-0.3, -0.25) is 9.59 Å². The van der Waals surface area contributed by atoms with Crippen molar-refractivity contribution in [3.63, 3.8) is 0 Å². The van der Waals surface area contributed by atoms with E-state index in [9.17, 15) is 9.59 Å². The summed E-state index contributed by atoms with van der Waals surface area (Å²) < 4.78 is 0. The fourth-order valence-corrected chi connectivity index (χ4v) is 2.34. The number of rotatable bonds is 6. The normalized spacial score (nSPS) is 10.1. The molecule has 0 aliphatic heterocycles. The third-order valence-corrected chi connectivity index (χ3v) is 3.79. The number of anilines is 1. The van der Waals surface area contributed by atoms with Crippen LogP contribution in [0.4, 0.5) is 5.69 Å². The molecule has 124 valence electrons. The van der Waals surface area contributed by atoms with Crippen LogP contribution >= 0.6 is 0 Å². The van der Waals surface area contributed by atoms with Crippen LogP contribution in [0.5, 0.6) is 0 Å². The summed E-state index contributed by atoms with van der Waals surface area (Å²) in [6.45, 7) is 8.01. The highest BCUT2D eigenvalue weighted by molar-refractivity contribution is 6.04. The van der Waals surface area contributed by atoms with Gasteiger partial charge in [-0.2, -0.15) is 0 Å². The van der Waals surface area contributed by atoms with Crippen LogP contribution in [-0.4, -0.2) is 18.4 Å². The maximum Gasteiger partial charge on any atom is 0.253 e. The number of carbonyl (C=O) groups is 2. The molecule has 0 aliphatic rings. The van der Waals surface area contributed by atoms with E-state index in [4.69, 9.17) is 0 Å². The molecule has 0 aliphatic carbocycles. The summed E-state index contributed by atoms with van der Waals surface area (Å²) in [4.78, 5) is 24.4. The zero-order chi connectivity index (χ0) is 17.5. The first kappa shape index (κ1) is 17.5. The van der Waals surface area contributed by atoms with Crippen LogP contribution in [0.25, 0.3) is 0 Å². The molecule has 0 saturated heterocycles. The minimum Gasteiger partial charge on any atom is -0.349 e. The quantitative estimate of drug-likeness (QED) is 0.801. The summed E-state index contributed by atoms with van der Waals surface area (Å²) >= 11 is 0. The molecule has 0 aromatic heterocycles. The molecule has 0 radical (unpaired) electrons. The van der Waals surface area contributed by atoms with E-state index in [2.05, 4.69) is 17.2 Å². The molecule has 0 fully saturated rings. The largest absolute Gasteiger partial charge is 0.349 e. The standard InChI is InChI=1S/C20H22N2O2/c1-4-11-21-20(24)17-7-5-6-8-18(17)22-19(23)13-16-10-9-14(2)15(3)12-16/h4-10,12H,1,11,13H2,2-3H3,(H,21,24)(H,22,23). The van der Waals surface area contributed by atoms with Crippen LogP contribution in [0.1, 0.15) is 27.0 Å².